The number of benzene rings is 1. The lowest BCUT2D eigenvalue weighted by atomic mass is 9.98. The fourth-order valence-electron chi connectivity index (χ4n) is 4.85. The highest BCUT2D eigenvalue weighted by molar-refractivity contribution is 6.74. The van der Waals surface area contributed by atoms with E-state index in [2.05, 4.69) is 54.1 Å². The van der Waals surface area contributed by atoms with Gasteiger partial charge in [0.25, 0.3) is 0 Å². The quantitative estimate of drug-likeness (QED) is 0.238. The monoisotopic (exact) mass is 569 g/mol. The zero-order valence-corrected chi connectivity index (χ0v) is 24.9. The topological polar surface area (TPSA) is 73.6 Å². The van der Waals surface area contributed by atoms with Crippen molar-refractivity contribution >= 4 is 19.7 Å². The average molecular weight is 570 g/mol. The van der Waals surface area contributed by atoms with Gasteiger partial charge in [-0.25, -0.2) is 19.3 Å². The number of hydrogen-bond acceptors (Lipinski definition) is 6. The summed E-state index contributed by atoms with van der Waals surface area (Å²) in [6, 6.07) is 6.01. The van der Waals surface area contributed by atoms with E-state index >= 15 is 4.39 Å². The number of hydrogen-bond donors (Lipinski definition) is 1. The standard InChI is InChI=1S/C29H34F3N5O2Si/c1-16-24-25(23-20(35-16)10-9-11-21(23)38-27(31)32)37-15-18(19(30)12-22(37)36-24)17-13-33-26(34-14-17)29(5,6)39-40(7,8)28(2,3)4/h9-16,27,35H,1-8H3/t16-/m1/s1. The molecular formula is C29H34F3N5O2Si. The molecule has 1 atom stereocenters. The number of ether oxygens (including phenoxy) is 1. The molecule has 0 saturated carbocycles. The van der Waals surface area contributed by atoms with Gasteiger partial charge in [-0.05, 0) is 51.0 Å². The van der Waals surface area contributed by atoms with Gasteiger partial charge >= 0.3 is 6.61 Å². The minimum absolute atomic E-state index is 0.0115. The number of halogens is 3. The van der Waals surface area contributed by atoms with Crippen molar-refractivity contribution < 1.29 is 22.3 Å². The molecule has 1 aliphatic heterocycles. The molecule has 4 heterocycles. The van der Waals surface area contributed by atoms with Crippen LogP contribution < -0.4 is 10.1 Å². The lowest BCUT2D eigenvalue weighted by molar-refractivity contribution is -0.0494. The summed E-state index contributed by atoms with van der Waals surface area (Å²) < 4.78 is 55.1. The maximum Gasteiger partial charge on any atom is 0.387 e. The van der Waals surface area contributed by atoms with Crippen LogP contribution in [0.25, 0.3) is 28.0 Å². The van der Waals surface area contributed by atoms with E-state index in [1.54, 1.807) is 35.1 Å². The predicted octanol–water partition coefficient (Wildman–Crippen LogP) is 7.94. The maximum absolute atomic E-state index is 15.4. The van der Waals surface area contributed by atoms with Crippen molar-refractivity contribution in [3.05, 3.63) is 60.2 Å². The van der Waals surface area contributed by atoms with Crippen molar-refractivity contribution in [3.63, 3.8) is 0 Å². The molecule has 7 nitrogen and oxygen atoms in total. The number of pyridine rings is 1. The van der Waals surface area contributed by atoms with E-state index in [0.717, 1.165) is 0 Å². The van der Waals surface area contributed by atoms with Gasteiger partial charge < -0.3 is 14.5 Å². The van der Waals surface area contributed by atoms with Crippen molar-refractivity contribution in [3.8, 4) is 28.1 Å². The highest BCUT2D eigenvalue weighted by Gasteiger charge is 2.43. The Morgan fingerprint density at radius 1 is 1.07 bits per heavy atom. The predicted molar refractivity (Wildman–Crippen MR) is 152 cm³/mol. The van der Waals surface area contributed by atoms with E-state index < -0.39 is 26.3 Å². The Morgan fingerprint density at radius 3 is 2.38 bits per heavy atom. The molecule has 0 aliphatic carbocycles. The first kappa shape index (κ1) is 28.1. The summed E-state index contributed by atoms with van der Waals surface area (Å²) >= 11 is 0. The summed E-state index contributed by atoms with van der Waals surface area (Å²) in [5, 5.41) is 3.29. The van der Waals surface area contributed by atoms with Gasteiger partial charge in [-0.1, -0.05) is 26.8 Å². The Morgan fingerprint density at radius 2 is 1.75 bits per heavy atom. The van der Waals surface area contributed by atoms with E-state index in [1.165, 1.54) is 12.1 Å². The Hall–Kier alpha value is -3.44. The number of fused-ring (bicyclic) bond motifs is 5. The molecule has 1 aromatic carbocycles. The summed E-state index contributed by atoms with van der Waals surface area (Å²) in [5.74, 6) is 0.0172. The van der Waals surface area contributed by atoms with Crippen molar-refractivity contribution in [1.82, 2.24) is 19.4 Å². The van der Waals surface area contributed by atoms with Gasteiger partial charge in [0.15, 0.2) is 14.1 Å². The number of nitrogens with one attached hydrogen (secondary N) is 1. The number of nitrogens with zero attached hydrogens (tertiary/aromatic N) is 4. The zero-order valence-electron chi connectivity index (χ0n) is 23.9. The smallest absolute Gasteiger partial charge is 0.387 e. The third-order valence-electron chi connectivity index (χ3n) is 7.82. The van der Waals surface area contributed by atoms with Gasteiger partial charge in [-0.2, -0.15) is 8.78 Å². The Kier molecular flexibility index (Phi) is 6.73. The molecule has 0 spiro atoms. The van der Waals surface area contributed by atoms with Crippen molar-refractivity contribution in [2.45, 2.75) is 77.9 Å². The van der Waals surface area contributed by atoms with E-state index in [9.17, 15) is 8.78 Å². The number of aromatic nitrogens is 4. The molecule has 0 fully saturated rings. The van der Waals surface area contributed by atoms with Crippen LogP contribution in [0.3, 0.4) is 0 Å². The summed E-state index contributed by atoms with van der Waals surface area (Å²) in [5.41, 5.74) is 2.57. The van der Waals surface area contributed by atoms with Crippen LogP contribution in [0.1, 0.15) is 59.1 Å². The molecule has 11 heteroatoms. The first-order chi connectivity index (χ1) is 18.6. The van der Waals surface area contributed by atoms with Crippen molar-refractivity contribution in [1.29, 1.82) is 0 Å². The SMILES string of the molecule is C[C@H]1Nc2cccc(OC(F)F)c2-c2c1nc1cc(F)c(-c3cnc(C(C)(C)O[Si](C)(C)C(C)(C)C)nc3)cn21. The molecule has 3 aromatic heterocycles. The summed E-state index contributed by atoms with van der Waals surface area (Å²) in [7, 11) is -2.11. The van der Waals surface area contributed by atoms with Gasteiger partial charge in [0.05, 0.1) is 23.0 Å². The maximum atomic E-state index is 15.4. The molecule has 1 N–H and O–H groups in total. The van der Waals surface area contributed by atoms with Crippen LogP contribution in [-0.4, -0.2) is 34.3 Å². The first-order valence-electron chi connectivity index (χ1n) is 13.2. The second-order valence-electron chi connectivity index (χ2n) is 12.2. The molecule has 4 aromatic rings. The van der Waals surface area contributed by atoms with Crippen LogP contribution in [0.2, 0.25) is 18.1 Å². The number of anilines is 1. The second kappa shape index (κ2) is 9.59. The minimum atomic E-state index is -3.00. The molecule has 0 amide bonds. The Labute approximate surface area is 232 Å². The van der Waals surface area contributed by atoms with Crippen molar-refractivity contribution in [2.75, 3.05) is 5.32 Å². The summed E-state index contributed by atoms with van der Waals surface area (Å²) in [6.07, 6.45) is 4.76. The van der Waals surface area contributed by atoms with Crippen LogP contribution >= 0.6 is 0 Å². The largest absolute Gasteiger partial charge is 0.434 e. The molecule has 0 unspecified atom stereocenters. The third-order valence-corrected chi connectivity index (χ3v) is 12.4. The van der Waals surface area contributed by atoms with Gasteiger partial charge in [0.1, 0.15) is 22.8 Å². The Balaban J connectivity index is 1.58. The third kappa shape index (κ3) is 4.85. The fraction of sp³-hybridized carbons (Fsp3) is 0.414. The van der Waals surface area contributed by atoms with Crippen LogP contribution in [0.15, 0.2) is 42.9 Å². The second-order valence-corrected chi connectivity index (χ2v) is 16.9. The minimum Gasteiger partial charge on any atom is -0.434 e. The van der Waals surface area contributed by atoms with Crippen LogP contribution in [0.4, 0.5) is 18.9 Å². The number of rotatable bonds is 6. The normalized spacial score (nSPS) is 15.7. The molecule has 40 heavy (non-hydrogen) atoms. The average Bonchev–Trinajstić information content (AvgIpc) is 3.21. The highest BCUT2D eigenvalue weighted by atomic mass is 28.4. The summed E-state index contributed by atoms with van der Waals surface area (Å²) in [6.45, 7) is 13.7. The summed E-state index contributed by atoms with van der Waals surface area (Å²) in [4.78, 5) is 13.8. The van der Waals surface area contributed by atoms with E-state index in [1.807, 2.05) is 20.8 Å². The molecule has 212 valence electrons. The van der Waals surface area contributed by atoms with E-state index in [4.69, 9.17) is 9.16 Å². The van der Waals surface area contributed by atoms with Gasteiger partial charge in [0, 0.05) is 41.5 Å². The Bertz CT molecular complexity index is 1580. The van der Waals surface area contributed by atoms with Crippen molar-refractivity contribution in [2.24, 2.45) is 0 Å². The lowest BCUT2D eigenvalue weighted by Gasteiger charge is -2.42. The van der Waals surface area contributed by atoms with Crippen LogP contribution in [0.5, 0.6) is 5.75 Å². The van der Waals surface area contributed by atoms with Crippen LogP contribution in [-0.2, 0) is 10.0 Å². The molecule has 0 radical (unpaired) electrons. The fourth-order valence-corrected chi connectivity index (χ4v) is 6.52. The van der Waals surface area contributed by atoms with Gasteiger partial charge in [0.2, 0.25) is 0 Å². The zero-order chi connectivity index (χ0) is 29.2. The first-order valence-corrected chi connectivity index (χ1v) is 16.1. The molecule has 1 aliphatic rings. The van der Waals surface area contributed by atoms with Gasteiger partial charge in [-0.15, -0.1) is 0 Å². The molecule has 5 rings (SSSR count). The molecular weight excluding hydrogens is 535 g/mol. The highest BCUT2D eigenvalue weighted by Crippen LogP contribution is 2.46. The molecule has 0 saturated heterocycles. The number of imidazole rings is 1. The van der Waals surface area contributed by atoms with E-state index in [0.29, 0.717) is 39.7 Å². The molecule has 0 bridgehead atoms. The van der Waals surface area contributed by atoms with Gasteiger partial charge in [-0.3, -0.25) is 4.40 Å². The lowest BCUT2D eigenvalue weighted by Crippen LogP contribution is -2.46. The number of alkyl halides is 2. The van der Waals surface area contributed by atoms with Crippen LogP contribution in [0, 0.1) is 5.82 Å². The van der Waals surface area contributed by atoms with E-state index in [-0.39, 0.29) is 22.4 Å².